The normalized spacial score (nSPS) is 14.3. The molecule has 0 aliphatic carbocycles. The number of carbonyl (C=O) groups excluding carboxylic acids is 2. The van der Waals surface area contributed by atoms with Crippen LogP contribution in [0, 0.1) is 0 Å². The molecule has 124 valence electrons. The zero-order valence-electron chi connectivity index (χ0n) is 12.8. The van der Waals surface area contributed by atoms with Gasteiger partial charge in [-0.25, -0.2) is 4.79 Å². The van der Waals surface area contributed by atoms with Crippen LogP contribution in [0.5, 0.6) is 11.5 Å². The molecule has 6 nitrogen and oxygen atoms in total. The van der Waals surface area contributed by atoms with Crippen LogP contribution in [0.25, 0.3) is 0 Å². The monoisotopic (exact) mass is 339 g/mol. The Morgan fingerprint density at radius 1 is 1.43 bits per heavy atom. The molecule has 1 aliphatic rings. The molecule has 0 saturated carbocycles. The van der Waals surface area contributed by atoms with E-state index in [1.165, 1.54) is 25.1 Å². The Morgan fingerprint density at radius 2 is 2.17 bits per heavy atom. The fourth-order valence-electron chi connectivity index (χ4n) is 1.95. The Kier molecular flexibility index (Phi) is 5.87. The van der Waals surface area contributed by atoms with Gasteiger partial charge in [-0.1, -0.05) is 17.7 Å². The van der Waals surface area contributed by atoms with Crippen molar-refractivity contribution in [2.24, 2.45) is 0 Å². The first-order valence-corrected chi connectivity index (χ1v) is 7.59. The summed E-state index contributed by atoms with van der Waals surface area (Å²) in [5, 5.41) is 2.82. The molecular weight excluding hydrogens is 322 g/mol. The third kappa shape index (κ3) is 4.39. The van der Waals surface area contributed by atoms with Gasteiger partial charge in [-0.15, -0.1) is 6.58 Å². The molecule has 0 aromatic heterocycles. The number of halogens is 1. The summed E-state index contributed by atoms with van der Waals surface area (Å²) in [4.78, 5) is 23.9. The quantitative estimate of drug-likeness (QED) is 0.658. The zero-order chi connectivity index (χ0) is 16.8. The lowest BCUT2D eigenvalue weighted by atomic mass is 10.2. The molecule has 0 spiro atoms. The van der Waals surface area contributed by atoms with Crippen molar-refractivity contribution in [2.75, 3.05) is 19.8 Å². The van der Waals surface area contributed by atoms with Crippen LogP contribution in [0.4, 0.5) is 0 Å². The van der Waals surface area contributed by atoms with Gasteiger partial charge in [0.15, 0.2) is 17.6 Å². The van der Waals surface area contributed by atoms with E-state index in [2.05, 4.69) is 11.9 Å². The van der Waals surface area contributed by atoms with E-state index in [9.17, 15) is 9.59 Å². The van der Waals surface area contributed by atoms with Crippen LogP contribution in [-0.4, -0.2) is 37.7 Å². The number of hydrogen-bond acceptors (Lipinski definition) is 5. The maximum atomic E-state index is 12.2. The van der Waals surface area contributed by atoms with Gasteiger partial charge in [-0.2, -0.15) is 0 Å². The Balaban J connectivity index is 2.10. The number of fused-ring (bicyclic) bond motifs is 1. The van der Waals surface area contributed by atoms with Crippen LogP contribution >= 0.6 is 11.6 Å². The zero-order valence-corrected chi connectivity index (χ0v) is 13.5. The van der Waals surface area contributed by atoms with E-state index in [-0.39, 0.29) is 10.6 Å². The van der Waals surface area contributed by atoms with E-state index in [0.717, 1.165) is 6.42 Å². The lowest BCUT2D eigenvalue weighted by Gasteiger charge is -2.14. The number of ether oxygens (including phenoxy) is 3. The summed E-state index contributed by atoms with van der Waals surface area (Å²) in [6.07, 6.45) is 1.33. The molecular formula is C16H18ClNO5. The van der Waals surface area contributed by atoms with Crippen LogP contribution < -0.4 is 14.8 Å². The molecule has 0 saturated heterocycles. The van der Waals surface area contributed by atoms with Gasteiger partial charge in [0.05, 0.1) is 23.8 Å². The van der Waals surface area contributed by atoms with Crippen LogP contribution in [0.15, 0.2) is 24.8 Å². The lowest BCUT2D eigenvalue weighted by Crippen LogP contribution is -2.35. The summed E-state index contributed by atoms with van der Waals surface area (Å²) < 4.78 is 16.1. The van der Waals surface area contributed by atoms with E-state index in [0.29, 0.717) is 31.3 Å². The van der Waals surface area contributed by atoms with Crippen LogP contribution in [0.2, 0.25) is 5.02 Å². The van der Waals surface area contributed by atoms with Crippen LogP contribution in [0.3, 0.4) is 0 Å². The van der Waals surface area contributed by atoms with Gasteiger partial charge in [0.1, 0.15) is 0 Å². The van der Waals surface area contributed by atoms with Gasteiger partial charge in [-0.3, -0.25) is 4.79 Å². The van der Waals surface area contributed by atoms with Crippen molar-refractivity contribution in [1.82, 2.24) is 5.32 Å². The largest absolute Gasteiger partial charge is 0.489 e. The Labute approximate surface area is 139 Å². The summed E-state index contributed by atoms with van der Waals surface area (Å²) in [5.41, 5.74) is 0.197. The topological polar surface area (TPSA) is 73.9 Å². The van der Waals surface area contributed by atoms with Gasteiger partial charge >= 0.3 is 5.97 Å². The number of nitrogens with one attached hydrogen (secondary N) is 1. The molecule has 0 fully saturated rings. The van der Waals surface area contributed by atoms with E-state index in [1.807, 2.05) is 0 Å². The van der Waals surface area contributed by atoms with Gasteiger partial charge < -0.3 is 19.5 Å². The minimum Gasteiger partial charge on any atom is -0.489 e. The number of rotatable bonds is 5. The first kappa shape index (κ1) is 17.1. The van der Waals surface area contributed by atoms with Crippen molar-refractivity contribution < 1.29 is 23.8 Å². The number of hydrogen-bond donors (Lipinski definition) is 1. The highest BCUT2D eigenvalue weighted by atomic mass is 35.5. The molecule has 1 aromatic carbocycles. The minimum absolute atomic E-state index is 0.197. The molecule has 1 amide bonds. The molecule has 1 atom stereocenters. The summed E-state index contributed by atoms with van der Waals surface area (Å²) >= 11 is 6.13. The maximum Gasteiger partial charge on any atom is 0.339 e. The van der Waals surface area contributed by atoms with Gasteiger partial charge in [0, 0.05) is 13.0 Å². The molecule has 1 aromatic rings. The van der Waals surface area contributed by atoms with Gasteiger partial charge in [-0.05, 0) is 19.1 Å². The van der Waals surface area contributed by atoms with Crippen LogP contribution in [0.1, 0.15) is 23.7 Å². The molecule has 2 rings (SSSR count). The third-order valence-corrected chi connectivity index (χ3v) is 3.39. The molecule has 0 unspecified atom stereocenters. The number of benzene rings is 1. The second-order valence-electron chi connectivity index (χ2n) is 4.92. The molecule has 1 N–H and O–H groups in total. The molecule has 0 bridgehead atoms. The number of carbonyl (C=O) groups is 2. The predicted molar refractivity (Wildman–Crippen MR) is 85.1 cm³/mol. The Morgan fingerprint density at radius 3 is 2.91 bits per heavy atom. The van der Waals surface area contributed by atoms with Crippen LogP contribution in [-0.2, 0) is 9.53 Å². The standard InChI is InChI=1S/C16H18ClNO5/c1-3-5-18-15(19)10(2)23-16(20)11-8-12(17)14-13(9-11)21-6-4-7-22-14/h3,8-10H,1,4-7H2,2H3,(H,18,19)/t10-/m1/s1. The Hall–Kier alpha value is -2.21. The van der Waals surface area contributed by atoms with E-state index < -0.39 is 18.0 Å². The molecule has 7 heteroatoms. The summed E-state index contributed by atoms with van der Waals surface area (Å²) in [6.45, 7) is 6.26. The van der Waals surface area contributed by atoms with Crippen molar-refractivity contribution in [2.45, 2.75) is 19.4 Å². The summed E-state index contributed by atoms with van der Waals surface area (Å²) in [6, 6.07) is 2.94. The highest BCUT2D eigenvalue weighted by Crippen LogP contribution is 2.38. The highest BCUT2D eigenvalue weighted by molar-refractivity contribution is 6.32. The first-order valence-electron chi connectivity index (χ1n) is 7.21. The van der Waals surface area contributed by atoms with E-state index >= 15 is 0 Å². The first-order chi connectivity index (χ1) is 11.0. The van der Waals surface area contributed by atoms with Crippen molar-refractivity contribution in [3.8, 4) is 11.5 Å². The fourth-order valence-corrected chi connectivity index (χ4v) is 2.21. The van der Waals surface area contributed by atoms with Gasteiger partial charge in [0.2, 0.25) is 0 Å². The Bertz CT molecular complexity index is 617. The fraction of sp³-hybridized carbons (Fsp3) is 0.375. The molecule has 23 heavy (non-hydrogen) atoms. The van der Waals surface area contributed by atoms with Crippen molar-refractivity contribution in [3.05, 3.63) is 35.4 Å². The molecule has 1 heterocycles. The second-order valence-corrected chi connectivity index (χ2v) is 5.32. The molecule has 0 radical (unpaired) electrons. The predicted octanol–water partition coefficient (Wildman–Crippen LogP) is 2.35. The average Bonchev–Trinajstić information content (AvgIpc) is 2.78. The average molecular weight is 340 g/mol. The number of esters is 1. The van der Waals surface area contributed by atoms with Crippen molar-refractivity contribution in [1.29, 1.82) is 0 Å². The van der Waals surface area contributed by atoms with E-state index in [1.54, 1.807) is 0 Å². The van der Waals surface area contributed by atoms with Crippen molar-refractivity contribution in [3.63, 3.8) is 0 Å². The highest BCUT2D eigenvalue weighted by Gasteiger charge is 2.22. The SMILES string of the molecule is C=CCNC(=O)[C@@H](C)OC(=O)c1cc(Cl)c2c(c1)OCCCO2. The summed E-state index contributed by atoms with van der Waals surface area (Å²) in [5.74, 6) is -0.259. The minimum atomic E-state index is -0.933. The molecule has 1 aliphatic heterocycles. The van der Waals surface area contributed by atoms with Gasteiger partial charge in [0.25, 0.3) is 5.91 Å². The number of amides is 1. The smallest absolute Gasteiger partial charge is 0.339 e. The third-order valence-electron chi connectivity index (χ3n) is 3.11. The summed E-state index contributed by atoms with van der Waals surface area (Å²) in [7, 11) is 0. The second kappa shape index (κ2) is 7.87. The maximum absolute atomic E-state index is 12.2. The lowest BCUT2D eigenvalue weighted by molar-refractivity contribution is -0.128. The van der Waals surface area contributed by atoms with E-state index in [4.69, 9.17) is 25.8 Å². The van der Waals surface area contributed by atoms with Crippen molar-refractivity contribution >= 4 is 23.5 Å².